The van der Waals surface area contributed by atoms with Crippen LogP contribution in [0.2, 0.25) is 0 Å². The van der Waals surface area contributed by atoms with Crippen LogP contribution in [0.4, 0.5) is 0 Å². The monoisotopic (exact) mass is 428 g/mol. The Labute approximate surface area is 185 Å². The number of hydrogen-bond donors (Lipinski definition) is 1. The number of nitrogens with one attached hydrogen (secondary N) is 1. The summed E-state index contributed by atoms with van der Waals surface area (Å²) in [6, 6.07) is 7.82. The van der Waals surface area contributed by atoms with E-state index in [4.69, 9.17) is 4.98 Å². The van der Waals surface area contributed by atoms with Crippen LogP contribution in [0.15, 0.2) is 55.2 Å². The van der Waals surface area contributed by atoms with Crippen molar-refractivity contribution in [3.05, 3.63) is 66.5 Å². The van der Waals surface area contributed by atoms with Crippen molar-refractivity contribution in [3.63, 3.8) is 0 Å². The van der Waals surface area contributed by atoms with Gasteiger partial charge in [0, 0.05) is 54.7 Å². The van der Waals surface area contributed by atoms with Crippen LogP contribution in [0.3, 0.4) is 0 Å². The van der Waals surface area contributed by atoms with E-state index in [1.54, 1.807) is 35.4 Å². The molecule has 0 spiro atoms. The molecule has 1 aliphatic heterocycles. The molecule has 0 radical (unpaired) electrons. The lowest BCUT2D eigenvalue weighted by molar-refractivity contribution is 0.0886. The van der Waals surface area contributed by atoms with Gasteiger partial charge in [-0.3, -0.25) is 29.3 Å². The fraction of sp³-hybridized carbons (Fsp3) is 0.304. The van der Waals surface area contributed by atoms with Gasteiger partial charge in [-0.25, -0.2) is 0 Å². The number of carbonyl (C=O) groups excluding carboxylic acids is 1. The highest BCUT2D eigenvalue weighted by atomic mass is 16.1. The van der Waals surface area contributed by atoms with E-state index in [1.807, 2.05) is 19.4 Å². The first-order valence-corrected chi connectivity index (χ1v) is 10.6. The third-order valence-corrected chi connectivity index (χ3v) is 5.98. The predicted molar refractivity (Wildman–Crippen MR) is 120 cm³/mol. The van der Waals surface area contributed by atoms with Crippen molar-refractivity contribution >= 4 is 16.8 Å². The van der Waals surface area contributed by atoms with Crippen LogP contribution in [-0.2, 0) is 7.05 Å². The Bertz CT molecular complexity index is 1260. The second kappa shape index (κ2) is 8.43. The number of hydrogen-bond acceptors (Lipinski definition) is 7. The predicted octanol–water partition coefficient (Wildman–Crippen LogP) is 2.39. The third-order valence-electron chi connectivity index (χ3n) is 5.98. The first kappa shape index (κ1) is 20.2. The maximum absolute atomic E-state index is 12.6. The van der Waals surface area contributed by atoms with E-state index in [0.717, 1.165) is 47.2 Å². The summed E-state index contributed by atoms with van der Waals surface area (Å²) < 4.78 is 1.68. The minimum absolute atomic E-state index is 0.0648. The number of rotatable bonds is 4. The molecule has 0 saturated carbocycles. The van der Waals surface area contributed by atoms with Crippen LogP contribution in [0.1, 0.15) is 34.9 Å². The fourth-order valence-corrected chi connectivity index (χ4v) is 4.18. The van der Waals surface area contributed by atoms with Gasteiger partial charge < -0.3 is 5.32 Å². The normalized spacial score (nSPS) is 19.2. The average Bonchev–Trinajstić information content (AvgIpc) is 3.26. The molecule has 2 atom stereocenters. The van der Waals surface area contributed by atoms with Gasteiger partial charge in [0.1, 0.15) is 5.69 Å². The van der Waals surface area contributed by atoms with E-state index >= 15 is 0 Å². The number of carbonyl (C=O) groups is 1. The number of nitrogens with zero attached hydrogens (tertiary/aromatic N) is 7. The van der Waals surface area contributed by atoms with Crippen molar-refractivity contribution in [1.82, 2.24) is 40.2 Å². The molecule has 5 heterocycles. The second-order valence-electron chi connectivity index (χ2n) is 8.23. The summed E-state index contributed by atoms with van der Waals surface area (Å²) in [7, 11) is 3.95. The molecular weight excluding hydrogens is 404 g/mol. The molecule has 2 unspecified atom stereocenters. The molecule has 1 amide bonds. The lowest BCUT2D eigenvalue weighted by Crippen LogP contribution is -2.45. The van der Waals surface area contributed by atoms with Crippen molar-refractivity contribution in [2.75, 3.05) is 13.6 Å². The van der Waals surface area contributed by atoms with Gasteiger partial charge in [0.15, 0.2) is 0 Å². The quantitative estimate of drug-likeness (QED) is 0.532. The molecule has 0 aromatic carbocycles. The maximum Gasteiger partial charge on any atom is 0.251 e. The van der Waals surface area contributed by atoms with Crippen molar-refractivity contribution in [2.24, 2.45) is 7.05 Å². The molecule has 32 heavy (non-hydrogen) atoms. The highest BCUT2D eigenvalue weighted by Gasteiger charge is 2.29. The maximum atomic E-state index is 12.6. The van der Waals surface area contributed by atoms with Crippen molar-refractivity contribution < 1.29 is 4.79 Å². The number of pyridine rings is 3. The van der Waals surface area contributed by atoms with Gasteiger partial charge >= 0.3 is 0 Å². The number of piperidine rings is 1. The highest BCUT2D eigenvalue weighted by Crippen LogP contribution is 2.31. The molecule has 1 N–H and O–H groups in total. The van der Waals surface area contributed by atoms with Gasteiger partial charge in [-0.15, -0.1) is 5.10 Å². The lowest BCUT2D eigenvalue weighted by Gasteiger charge is -2.37. The molecule has 0 aliphatic carbocycles. The smallest absolute Gasteiger partial charge is 0.251 e. The summed E-state index contributed by atoms with van der Waals surface area (Å²) in [6.07, 6.45) is 10.4. The Balaban J connectivity index is 1.38. The average molecular weight is 429 g/mol. The summed E-state index contributed by atoms with van der Waals surface area (Å²) in [5, 5.41) is 12.4. The van der Waals surface area contributed by atoms with E-state index < -0.39 is 0 Å². The topological polar surface area (TPSA) is 102 Å². The number of likely N-dealkylation sites (tertiary alicyclic amines) is 1. The van der Waals surface area contributed by atoms with E-state index in [9.17, 15) is 4.79 Å². The third kappa shape index (κ3) is 4.06. The van der Waals surface area contributed by atoms with Gasteiger partial charge in [0.2, 0.25) is 0 Å². The number of fused-ring (bicyclic) bond motifs is 1. The van der Waals surface area contributed by atoms with Crippen LogP contribution >= 0.6 is 0 Å². The summed E-state index contributed by atoms with van der Waals surface area (Å²) in [6.45, 7) is 0.879. The Morgan fingerprint density at radius 3 is 2.75 bits per heavy atom. The zero-order chi connectivity index (χ0) is 22.1. The van der Waals surface area contributed by atoms with E-state index in [-0.39, 0.29) is 18.0 Å². The zero-order valence-corrected chi connectivity index (χ0v) is 18.0. The Morgan fingerprint density at radius 2 is 1.97 bits per heavy atom. The van der Waals surface area contributed by atoms with Crippen LogP contribution in [0.5, 0.6) is 0 Å². The SMILES string of the molecule is CN1CCC(NC(=O)c2ccncc2)CC1c1cc2cc(-c3cn(C)nn3)cnc2cn1. The number of aromatic nitrogens is 6. The number of amides is 1. The Hall–Kier alpha value is -3.72. The Kier molecular flexibility index (Phi) is 5.32. The van der Waals surface area contributed by atoms with Gasteiger partial charge in [-0.05, 0) is 44.2 Å². The molecule has 9 nitrogen and oxygen atoms in total. The van der Waals surface area contributed by atoms with Crippen molar-refractivity contribution in [3.8, 4) is 11.3 Å². The first-order valence-electron chi connectivity index (χ1n) is 10.6. The molecule has 162 valence electrons. The molecule has 1 saturated heterocycles. The minimum atomic E-state index is -0.0648. The summed E-state index contributed by atoms with van der Waals surface area (Å²) in [5.41, 5.74) is 4.14. The molecule has 0 bridgehead atoms. The molecule has 1 fully saturated rings. The van der Waals surface area contributed by atoms with Crippen LogP contribution in [0, 0.1) is 0 Å². The van der Waals surface area contributed by atoms with E-state index in [0.29, 0.717) is 5.56 Å². The van der Waals surface area contributed by atoms with Gasteiger partial charge in [-0.1, -0.05) is 5.21 Å². The lowest BCUT2D eigenvalue weighted by atomic mass is 9.94. The van der Waals surface area contributed by atoms with Crippen LogP contribution in [-0.4, -0.2) is 60.4 Å². The fourth-order valence-electron chi connectivity index (χ4n) is 4.18. The molecule has 9 heteroatoms. The first-order chi connectivity index (χ1) is 15.6. The van der Waals surface area contributed by atoms with Crippen LogP contribution < -0.4 is 5.32 Å². The minimum Gasteiger partial charge on any atom is -0.349 e. The molecule has 1 aliphatic rings. The highest BCUT2D eigenvalue weighted by molar-refractivity contribution is 5.94. The van der Waals surface area contributed by atoms with Crippen molar-refractivity contribution in [1.29, 1.82) is 0 Å². The Morgan fingerprint density at radius 1 is 1.12 bits per heavy atom. The summed E-state index contributed by atoms with van der Waals surface area (Å²) >= 11 is 0. The molecule has 4 aromatic heterocycles. The van der Waals surface area contributed by atoms with Gasteiger partial charge in [0.25, 0.3) is 5.91 Å². The zero-order valence-electron chi connectivity index (χ0n) is 18.0. The molecule has 4 aromatic rings. The second-order valence-corrected chi connectivity index (χ2v) is 8.23. The van der Waals surface area contributed by atoms with E-state index in [1.165, 1.54) is 0 Å². The number of aryl methyl sites for hydroxylation is 1. The largest absolute Gasteiger partial charge is 0.349 e. The van der Waals surface area contributed by atoms with E-state index in [2.05, 4.69) is 49.7 Å². The van der Waals surface area contributed by atoms with Gasteiger partial charge in [0.05, 0.1) is 29.6 Å². The summed E-state index contributed by atoms with van der Waals surface area (Å²) in [4.78, 5) is 28.1. The summed E-state index contributed by atoms with van der Waals surface area (Å²) in [5.74, 6) is -0.0648. The van der Waals surface area contributed by atoms with Crippen LogP contribution in [0.25, 0.3) is 22.2 Å². The van der Waals surface area contributed by atoms with Crippen molar-refractivity contribution in [2.45, 2.75) is 24.9 Å². The standard InChI is InChI=1S/C23H24N8O/c1-30-8-5-18(27-23(32)15-3-6-24-7-4-15)11-22(30)19-10-16-9-17(12-25-20(16)13-26-19)21-14-31(2)29-28-21/h3-4,6-7,9-10,12-14,18,22H,5,8,11H2,1-2H3,(H,27,32). The molecule has 5 rings (SSSR count). The van der Waals surface area contributed by atoms with Gasteiger partial charge in [-0.2, -0.15) is 0 Å². The molecular formula is C23H24N8O.